The number of primary amides is 1. The van der Waals surface area contributed by atoms with Gasteiger partial charge in [0.05, 0.1) is 5.56 Å². The lowest BCUT2D eigenvalue weighted by Gasteiger charge is -2.39. The summed E-state index contributed by atoms with van der Waals surface area (Å²) in [5, 5.41) is 6.03. The maximum absolute atomic E-state index is 11.3. The molecule has 3 N–H and O–H groups in total. The van der Waals surface area contributed by atoms with Gasteiger partial charge in [-0.1, -0.05) is 57.5 Å². The minimum absolute atomic E-state index is 0.362. The molecule has 1 amide bonds. The number of hydrogen-bond donors (Lipinski definition) is 2. The Hall–Kier alpha value is -2.92. The molecule has 0 saturated heterocycles. The van der Waals surface area contributed by atoms with Crippen molar-refractivity contribution < 1.29 is 9.53 Å². The fourth-order valence-corrected chi connectivity index (χ4v) is 4.91. The van der Waals surface area contributed by atoms with Crippen molar-refractivity contribution in [2.24, 2.45) is 17.1 Å². The van der Waals surface area contributed by atoms with E-state index in [1.54, 1.807) is 12.1 Å². The quantitative estimate of drug-likeness (QED) is 0.432. The maximum atomic E-state index is 11.3. The van der Waals surface area contributed by atoms with Crippen molar-refractivity contribution in [1.82, 2.24) is 10.3 Å². The molecule has 0 unspecified atom stereocenters. The highest BCUT2D eigenvalue weighted by Crippen LogP contribution is 2.40. The number of ether oxygens (including phenoxy) is 1. The monoisotopic (exact) mass is 445 g/mol. The fourth-order valence-electron chi connectivity index (χ4n) is 4.91. The van der Waals surface area contributed by atoms with Crippen molar-refractivity contribution in [3.05, 3.63) is 65.9 Å². The van der Waals surface area contributed by atoms with Crippen LogP contribution in [0.3, 0.4) is 0 Å². The second-order valence-electron chi connectivity index (χ2n) is 9.89. The molecule has 0 atom stereocenters. The molecule has 0 radical (unpaired) electrons. The van der Waals surface area contributed by atoms with Crippen LogP contribution >= 0.6 is 0 Å². The molecule has 1 fully saturated rings. The Labute approximate surface area is 196 Å². The van der Waals surface area contributed by atoms with E-state index in [9.17, 15) is 4.79 Å². The number of carbonyl (C=O) groups is 1. The van der Waals surface area contributed by atoms with Crippen molar-refractivity contribution in [1.29, 1.82) is 0 Å². The zero-order valence-corrected chi connectivity index (χ0v) is 19.9. The van der Waals surface area contributed by atoms with Crippen LogP contribution < -0.4 is 15.8 Å². The van der Waals surface area contributed by atoms with Crippen LogP contribution in [-0.4, -0.2) is 16.9 Å². The molecule has 5 heteroatoms. The Kier molecular flexibility index (Phi) is 6.99. The summed E-state index contributed by atoms with van der Waals surface area (Å²) in [6.07, 6.45) is 7.82. The van der Waals surface area contributed by atoms with E-state index in [0.29, 0.717) is 22.9 Å². The minimum atomic E-state index is -0.501. The van der Waals surface area contributed by atoms with Gasteiger partial charge in [0.2, 0.25) is 11.8 Å². The summed E-state index contributed by atoms with van der Waals surface area (Å²) < 4.78 is 6.05. The molecule has 4 rings (SSSR count). The Morgan fingerprint density at radius 1 is 1.06 bits per heavy atom. The highest BCUT2D eigenvalue weighted by atomic mass is 16.5. The number of benzene rings is 2. The molecule has 1 aliphatic rings. The van der Waals surface area contributed by atoms with Gasteiger partial charge in [-0.15, -0.1) is 0 Å². The molecule has 0 bridgehead atoms. The highest BCUT2D eigenvalue weighted by Gasteiger charge is 2.31. The molecule has 1 heterocycles. The van der Waals surface area contributed by atoms with Gasteiger partial charge >= 0.3 is 0 Å². The van der Waals surface area contributed by atoms with Gasteiger partial charge in [-0.05, 0) is 60.1 Å². The lowest BCUT2D eigenvalue weighted by molar-refractivity contribution is 0.1000. The van der Waals surface area contributed by atoms with Crippen molar-refractivity contribution in [2.45, 2.75) is 65.5 Å². The number of nitrogens with zero attached hydrogens (tertiary/aromatic N) is 1. The molecule has 2 aromatic carbocycles. The van der Waals surface area contributed by atoms with Gasteiger partial charge in [0.15, 0.2) is 0 Å². The van der Waals surface area contributed by atoms with Gasteiger partial charge in [0, 0.05) is 30.2 Å². The van der Waals surface area contributed by atoms with Crippen LogP contribution in [0.4, 0.5) is 0 Å². The average Bonchev–Trinajstić information content (AvgIpc) is 2.83. The number of pyridine rings is 1. The molecule has 1 saturated carbocycles. The molecular weight excluding hydrogens is 410 g/mol. The number of aromatic nitrogens is 1. The normalized spacial score (nSPS) is 18.9. The predicted octanol–water partition coefficient (Wildman–Crippen LogP) is 6.21. The molecule has 0 spiro atoms. The summed E-state index contributed by atoms with van der Waals surface area (Å²) in [6, 6.07) is 16.3. The SMILES string of the molecule is CCC(C)(C)[C@H]1CC[C@H](NCc2cccc3c(Oc4ccc(C(N)=O)cn4)cccc23)CC1. The van der Waals surface area contributed by atoms with Gasteiger partial charge in [-0.25, -0.2) is 4.98 Å². The molecule has 0 aliphatic heterocycles. The van der Waals surface area contributed by atoms with E-state index in [4.69, 9.17) is 10.5 Å². The number of carbonyl (C=O) groups excluding carboxylic acids is 1. The van der Waals surface area contributed by atoms with E-state index in [1.807, 2.05) is 12.1 Å². The molecule has 33 heavy (non-hydrogen) atoms. The van der Waals surface area contributed by atoms with E-state index < -0.39 is 5.91 Å². The van der Waals surface area contributed by atoms with Crippen LogP contribution in [-0.2, 0) is 6.54 Å². The van der Waals surface area contributed by atoms with E-state index in [0.717, 1.165) is 23.6 Å². The third kappa shape index (κ3) is 5.36. The van der Waals surface area contributed by atoms with Crippen LogP contribution in [0.1, 0.15) is 68.8 Å². The number of nitrogens with two attached hydrogens (primary N) is 1. The third-order valence-corrected chi connectivity index (χ3v) is 7.53. The average molecular weight is 446 g/mol. The summed E-state index contributed by atoms with van der Waals surface area (Å²) in [7, 11) is 0. The lowest BCUT2D eigenvalue weighted by atomic mass is 9.69. The maximum Gasteiger partial charge on any atom is 0.250 e. The van der Waals surface area contributed by atoms with E-state index in [-0.39, 0.29) is 0 Å². The zero-order valence-electron chi connectivity index (χ0n) is 19.9. The summed E-state index contributed by atoms with van der Waals surface area (Å²) >= 11 is 0. The first kappa shape index (κ1) is 23.2. The number of nitrogens with one attached hydrogen (secondary N) is 1. The number of amides is 1. The zero-order chi connectivity index (χ0) is 23.4. The molecule has 3 aromatic rings. The topological polar surface area (TPSA) is 77.2 Å². The van der Waals surface area contributed by atoms with Gasteiger partial charge in [0.25, 0.3) is 0 Å². The Morgan fingerprint density at radius 2 is 1.79 bits per heavy atom. The number of rotatable bonds is 8. The van der Waals surface area contributed by atoms with Crippen LogP contribution in [0, 0.1) is 11.3 Å². The molecule has 5 nitrogen and oxygen atoms in total. The summed E-state index contributed by atoms with van der Waals surface area (Å²) in [6.45, 7) is 8.00. The first-order chi connectivity index (χ1) is 15.9. The van der Waals surface area contributed by atoms with Gasteiger partial charge in [-0.3, -0.25) is 4.79 Å². The third-order valence-electron chi connectivity index (χ3n) is 7.53. The predicted molar refractivity (Wildman–Crippen MR) is 133 cm³/mol. The van der Waals surface area contributed by atoms with E-state index in [2.05, 4.69) is 55.3 Å². The van der Waals surface area contributed by atoms with Gasteiger partial charge in [-0.2, -0.15) is 0 Å². The highest BCUT2D eigenvalue weighted by molar-refractivity contribution is 5.92. The molecule has 1 aromatic heterocycles. The number of hydrogen-bond acceptors (Lipinski definition) is 4. The van der Waals surface area contributed by atoms with Crippen LogP contribution in [0.15, 0.2) is 54.7 Å². The van der Waals surface area contributed by atoms with E-state index in [1.165, 1.54) is 49.3 Å². The first-order valence-corrected chi connectivity index (χ1v) is 12.0. The van der Waals surface area contributed by atoms with Crippen molar-refractivity contribution >= 4 is 16.7 Å². The molecule has 1 aliphatic carbocycles. The van der Waals surface area contributed by atoms with Gasteiger partial charge < -0.3 is 15.8 Å². The Bertz CT molecular complexity index is 1100. The van der Waals surface area contributed by atoms with Crippen molar-refractivity contribution in [3.8, 4) is 11.6 Å². The van der Waals surface area contributed by atoms with Gasteiger partial charge in [0.1, 0.15) is 5.75 Å². The minimum Gasteiger partial charge on any atom is -0.438 e. The Balaban J connectivity index is 1.44. The summed E-state index contributed by atoms with van der Waals surface area (Å²) in [5.41, 5.74) is 7.38. The summed E-state index contributed by atoms with van der Waals surface area (Å²) in [5.74, 6) is 1.51. The van der Waals surface area contributed by atoms with Crippen LogP contribution in [0.2, 0.25) is 0 Å². The van der Waals surface area contributed by atoms with Crippen molar-refractivity contribution in [2.75, 3.05) is 0 Å². The molecular formula is C28H35N3O2. The van der Waals surface area contributed by atoms with Crippen LogP contribution in [0.25, 0.3) is 10.8 Å². The van der Waals surface area contributed by atoms with Crippen molar-refractivity contribution in [3.63, 3.8) is 0 Å². The largest absolute Gasteiger partial charge is 0.438 e. The first-order valence-electron chi connectivity index (χ1n) is 12.0. The number of fused-ring (bicyclic) bond motifs is 1. The lowest BCUT2D eigenvalue weighted by Crippen LogP contribution is -2.36. The second kappa shape index (κ2) is 9.92. The Morgan fingerprint density at radius 3 is 2.45 bits per heavy atom. The smallest absolute Gasteiger partial charge is 0.250 e. The second-order valence-corrected chi connectivity index (χ2v) is 9.89. The fraction of sp³-hybridized carbons (Fsp3) is 0.429. The van der Waals surface area contributed by atoms with Crippen LogP contribution in [0.5, 0.6) is 11.6 Å². The van der Waals surface area contributed by atoms with E-state index >= 15 is 0 Å². The molecule has 174 valence electrons. The standard InChI is InChI=1S/C28H35N3O2/c1-4-28(2,3)21-12-14-22(15-13-21)30-17-19-7-5-9-24-23(19)8-6-10-25(24)33-26-16-11-20(18-31-26)27(29)32/h5-11,16,18,21-22,30H,4,12-15,17H2,1-3H3,(H2,29,32)/t21-,22-. The summed E-state index contributed by atoms with van der Waals surface area (Å²) in [4.78, 5) is 15.5.